The third-order valence-electron chi connectivity index (χ3n) is 8.45. The minimum Gasteiger partial charge on any atom is -0.462 e. The number of hydrogen-bond donors (Lipinski definition) is 3. The first-order valence-electron chi connectivity index (χ1n) is 14.8. The highest BCUT2D eigenvalue weighted by Crippen LogP contribution is 2.29. The van der Waals surface area contributed by atoms with Gasteiger partial charge in [0, 0.05) is 38.4 Å². The van der Waals surface area contributed by atoms with Crippen LogP contribution in [-0.2, 0) is 38.1 Å². The molecule has 2 rings (SSSR count). The Labute approximate surface area is 249 Å². The summed E-state index contributed by atoms with van der Waals surface area (Å²) in [6, 6.07) is 0. The van der Waals surface area contributed by atoms with E-state index in [2.05, 4.69) is 0 Å². The average molecular weight is 599 g/mol. The van der Waals surface area contributed by atoms with Gasteiger partial charge in [-0.2, -0.15) is 0 Å². The highest BCUT2D eigenvalue weighted by molar-refractivity contribution is 5.91. The van der Waals surface area contributed by atoms with Crippen LogP contribution in [-0.4, -0.2) is 103 Å². The zero-order chi connectivity index (χ0) is 31.6. The van der Waals surface area contributed by atoms with Gasteiger partial charge in [-0.05, 0) is 38.7 Å². The van der Waals surface area contributed by atoms with Gasteiger partial charge in [-0.25, -0.2) is 0 Å². The molecule has 1 saturated heterocycles. The number of cyclic esters (lactones) is 1. The number of aliphatic hydroxyl groups excluding tert-OH is 3. The van der Waals surface area contributed by atoms with Crippen LogP contribution in [0.3, 0.4) is 0 Å². The summed E-state index contributed by atoms with van der Waals surface area (Å²) in [4.78, 5) is 37.2. The number of aliphatic hydroxyl groups is 3. The lowest BCUT2D eigenvalue weighted by Crippen LogP contribution is -2.59. The van der Waals surface area contributed by atoms with Crippen molar-refractivity contribution in [2.75, 3.05) is 20.8 Å². The Morgan fingerprint density at radius 1 is 1.02 bits per heavy atom. The predicted molar refractivity (Wildman–Crippen MR) is 153 cm³/mol. The van der Waals surface area contributed by atoms with Crippen LogP contribution in [0.1, 0.15) is 60.3 Å². The minimum absolute atomic E-state index is 0.0278. The second-order valence-electron chi connectivity index (χ2n) is 11.6. The van der Waals surface area contributed by atoms with Crippen molar-refractivity contribution in [3.05, 3.63) is 23.8 Å². The summed E-state index contributed by atoms with van der Waals surface area (Å²) >= 11 is 0. The number of carbonyl (C=O) groups excluding carboxylic acids is 3. The van der Waals surface area contributed by atoms with Gasteiger partial charge < -0.3 is 43.8 Å². The summed E-state index contributed by atoms with van der Waals surface area (Å²) in [5.41, 5.74) is 0.732. The van der Waals surface area contributed by atoms with Crippen molar-refractivity contribution in [1.82, 2.24) is 0 Å². The smallest absolute Gasteiger partial charge is 0.308 e. The Bertz CT molecular complexity index is 934. The van der Waals surface area contributed by atoms with Gasteiger partial charge in [0.25, 0.3) is 0 Å². The van der Waals surface area contributed by atoms with E-state index in [0.29, 0.717) is 12.7 Å². The average Bonchev–Trinajstić information content (AvgIpc) is 2.96. The Morgan fingerprint density at radius 2 is 1.69 bits per heavy atom. The summed E-state index contributed by atoms with van der Waals surface area (Å²) in [6.07, 6.45) is -0.695. The van der Waals surface area contributed by atoms with Gasteiger partial charge in [0.05, 0.1) is 31.3 Å². The van der Waals surface area contributed by atoms with E-state index in [1.54, 1.807) is 26.8 Å². The number of methoxy groups -OCH3 is 2. The van der Waals surface area contributed by atoms with Crippen molar-refractivity contribution in [3.63, 3.8) is 0 Å². The molecule has 11 heteroatoms. The van der Waals surface area contributed by atoms with Gasteiger partial charge in [0.2, 0.25) is 0 Å². The van der Waals surface area contributed by atoms with Gasteiger partial charge in [-0.15, -0.1) is 0 Å². The molecule has 42 heavy (non-hydrogen) atoms. The van der Waals surface area contributed by atoms with Gasteiger partial charge in [0.15, 0.2) is 12.1 Å². The number of hydrogen-bond acceptors (Lipinski definition) is 11. The van der Waals surface area contributed by atoms with Gasteiger partial charge in [0.1, 0.15) is 30.7 Å². The summed E-state index contributed by atoms with van der Waals surface area (Å²) in [5, 5.41) is 32.2. The maximum Gasteiger partial charge on any atom is 0.308 e. The zero-order valence-corrected chi connectivity index (χ0v) is 25.9. The monoisotopic (exact) mass is 598 g/mol. The normalized spacial score (nSPS) is 41.4. The van der Waals surface area contributed by atoms with Crippen molar-refractivity contribution < 1.29 is 53.4 Å². The summed E-state index contributed by atoms with van der Waals surface area (Å²) in [5.74, 6) is -3.03. The fraction of sp³-hybridized carbons (Fsp3) is 0.774. The first kappa shape index (κ1) is 36.2. The molecule has 2 aliphatic heterocycles. The third kappa shape index (κ3) is 9.77. The fourth-order valence-electron chi connectivity index (χ4n) is 5.65. The molecule has 0 aromatic rings. The number of carbonyl (C=O) groups is 3. The van der Waals surface area contributed by atoms with Gasteiger partial charge >= 0.3 is 5.97 Å². The lowest BCUT2D eigenvalue weighted by molar-refractivity contribution is -0.304. The molecule has 0 aromatic carbocycles. The molecule has 2 heterocycles. The molecule has 0 bridgehead atoms. The van der Waals surface area contributed by atoms with Crippen LogP contribution in [0.4, 0.5) is 0 Å². The van der Waals surface area contributed by atoms with Crippen LogP contribution >= 0.6 is 0 Å². The summed E-state index contributed by atoms with van der Waals surface area (Å²) in [6.45, 7) is 8.78. The molecule has 1 fully saturated rings. The van der Waals surface area contributed by atoms with E-state index < -0.39 is 78.7 Å². The molecule has 12 atom stereocenters. The lowest BCUT2D eigenvalue weighted by atomic mass is 9.80. The first-order valence-corrected chi connectivity index (χ1v) is 14.8. The summed E-state index contributed by atoms with van der Waals surface area (Å²) < 4.78 is 28.8. The quantitative estimate of drug-likeness (QED) is 0.278. The van der Waals surface area contributed by atoms with E-state index in [-0.39, 0.29) is 31.7 Å². The molecule has 0 amide bonds. The van der Waals surface area contributed by atoms with E-state index >= 15 is 0 Å². The maximum atomic E-state index is 13.0. The van der Waals surface area contributed by atoms with E-state index in [1.807, 2.05) is 19.9 Å². The standard InChI is InChI=1S/C31H50O11/c1-8-25-22(16-40-31-30(39-7)29(38-6)28(37)20(5)41-31)13-17(2)9-10-23(33)18(3)14-21(11-12-32)27(36)19(4)24(34)15-26(35)42-25/h9-10,12-13,18-22,24-25,27-31,34,36-37H,8,11,14-16H2,1-7H3/b10-9+,17-13+/t18-,19+,20?,21+,22-,24-,25-,27-,28?,29?,30?,31?/m1/s1. The number of esters is 1. The topological polar surface area (TPSA) is 158 Å². The van der Waals surface area contributed by atoms with Crippen LogP contribution in [0.15, 0.2) is 23.8 Å². The molecule has 5 unspecified atom stereocenters. The van der Waals surface area contributed by atoms with E-state index in [9.17, 15) is 29.7 Å². The Balaban J connectivity index is 2.38. The molecule has 0 radical (unpaired) electrons. The van der Waals surface area contributed by atoms with Crippen molar-refractivity contribution >= 4 is 18.0 Å². The van der Waals surface area contributed by atoms with Crippen LogP contribution in [0, 0.1) is 23.7 Å². The third-order valence-corrected chi connectivity index (χ3v) is 8.45. The molecule has 2 aliphatic rings. The molecular formula is C31H50O11. The molecule has 0 aromatic heterocycles. The van der Waals surface area contributed by atoms with E-state index in [1.165, 1.54) is 20.3 Å². The van der Waals surface area contributed by atoms with Crippen LogP contribution in [0.25, 0.3) is 0 Å². The van der Waals surface area contributed by atoms with Gasteiger partial charge in [-0.1, -0.05) is 38.5 Å². The van der Waals surface area contributed by atoms with Crippen molar-refractivity contribution in [2.45, 2.75) is 109 Å². The Hall–Kier alpha value is -1.99. The molecule has 0 saturated carbocycles. The molecule has 0 spiro atoms. The fourth-order valence-corrected chi connectivity index (χ4v) is 5.65. The highest BCUT2D eigenvalue weighted by Gasteiger charge is 2.45. The number of ether oxygens (including phenoxy) is 5. The molecular weight excluding hydrogens is 548 g/mol. The summed E-state index contributed by atoms with van der Waals surface area (Å²) in [7, 11) is 2.94. The van der Waals surface area contributed by atoms with E-state index in [0.717, 1.165) is 5.57 Å². The zero-order valence-electron chi connectivity index (χ0n) is 25.9. The molecule has 11 nitrogen and oxygen atoms in total. The van der Waals surface area contributed by atoms with Crippen molar-refractivity contribution in [1.29, 1.82) is 0 Å². The molecule has 3 N–H and O–H groups in total. The second kappa shape index (κ2) is 17.3. The Kier molecular flexibility index (Phi) is 14.9. The lowest BCUT2D eigenvalue weighted by Gasteiger charge is -2.42. The number of ketones is 1. The first-order chi connectivity index (χ1) is 19.9. The Morgan fingerprint density at radius 3 is 2.29 bits per heavy atom. The number of rotatable bonds is 8. The number of aldehydes is 1. The highest BCUT2D eigenvalue weighted by atomic mass is 16.7. The van der Waals surface area contributed by atoms with Crippen LogP contribution in [0.5, 0.6) is 0 Å². The van der Waals surface area contributed by atoms with Crippen molar-refractivity contribution in [2.24, 2.45) is 23.7 Å². The van der Waals surface area contributed by atoms with Crippen LogP contribution < -0.4 is 0 Å². The minimum atomic E-state index is -1.22. The van der Waals surface area contributed by atoms with Crippen molar-refractivity contribution in [3.8, 4) is 0 Å². The predicted octanol–water partition coefficient (Wildman–Crippen LogP) is 2.14. The molecule has 240 valence electrons. The van der Waals surface area contributed by atoms with E-state index in [4.69, 9.17) is 23.7 Å². The van der Waals surface area contributed by atoms with Crippen LogP contribution in [0.2, 0.25) is 0 Å². The second-order valence-corrected chi connectivity index (χ2v) is 11.6. The SMILES string of the molecule is CC[C@H]1OC(=O)C[C@@H](O)[C@H](C)[C@@H](O)[C@@H](CC=O)C[C@@H](C)C(=O)/C=C/C(C)=C/[C@@H]1COC1OC(C)C(O)C(OC)C1OC. The maximum absolute atomic E-state index is 13.0. The molecule has 0 aliphatic carbocycles. The number of allylic oxidation sites excluding steroid dienone is 3. The largest absolute Gasteiger partial charge is 0.462 e. The van der Waals surface area contributed by atoms with Gasteiger partial charge in [-0.3, -0.25) is 9.59 Å².